The summed E-state index contributed by atoms with van der Waals surface area (Å²) >= 11 is 0. The van der Waals surface area contributed by atoms with Crippen LogP contribution in [0.3, 0.4) is 0 Å². The molecule has 0 aliphatic carbocycles. The van der Waals surface area contributed by atoms with Gasteiger partial charge in [-0.3, -0.25) is 4.79 Å². The van der Waals surface area contributed by atoms with Gasteiger partial charge in [0.25, 0.3) is 0 Å². The fourth-order valence-corrected chi connectivity index (χ4v) is 5.63. The van der Waals surface area contributed by atoms with Gasteiger partial charge in [-0.25, -0.2) is 8.42 Å². The lowest BCUT2D eigenvalue weighted by molar-refractivity contribution is -0.126. The molecule has 0 unspecified atom stereocenters. The maximum atomic E-state index is 12.9. The Hall–Kier alpha value is -2.73. The number of nitrogens with one attached hydrogen (secondary N) is 1. The molecule has 0 radical (unpaired) electrons. The number of carbonyl (C=O) groups excluding carboxylic acids is 1. The maximum Gasteiger partial charge on any atom is 0.387 e. The summed E-state index contributed by atoms with van der Waals surface area (Å²) in [5.41, 5.74) is 1.01. The Bertz CT molecular complexity index is 1060. The average molecular weight is 488 g/mol. The fourth-order valence-electron chi connectivity index (χ4n) is 3.87. The quantitative estimate of drug-likeness (QED) is 0.579. The molecule has 33 heavy (non-hydrogen) atoms. The molecule has 1 amide bonds. The van der Waals surface area contributed by atoms with E-state index in [0.717, 1.165) is 0 Å². The van der Waals surface area contributed by atoms with E-state index in [0.29, 0.717) is 37.1 Å². The van der Waals surface area contributed by atoms with Gasteiger partial charge in [0.2, 0.25) is 15.9 Å². The standard InChI is InChI=1S/C21H27F2N3O6S/c1-13-19(14(2)32-25-13)33(28,29)26-10-7-16(8-11-26)20(27)24-9-6-15-4-5-17(30-3)18(12-15)31-21(22)23/h4-5,12,16,21H,6-11H2,1-3H3,(H,24,27). The lowest BCUT2D eigenvalue weighted by Crippen LogP contribution is -2.43. The number of hydrogen-bond donors (Lipinski definition) is 1. The number of aryl methyl sites for hydroxylation is 2. The molecule has 0 saturated carbocycles. The van der Waals surface area contributed by atoms with E-state index in [4.69, 9.17) is 9.26 Å². The largest absolute Gasteiger partial charge is 0.493 e. The topological polar surface area (TPSA) is 111 Å². The highest BCUT2D eigenvalue weighted by atomic mass is 32.2. The summed E-state index contributed by atoms with van der Waals surface area (Å²) in [6, 6.07) is 4.69. The van der Waals surface area contributed by atoms with Gasteiger partial charge in [0.15, 0.2) is 17.3 Å². The highest BCUT2D eigenvalue weighted by Gasteiger charge is 2.35. The minimum absolute atomic E-state index is 0.0665. The van der Waals surface area contributed by atoms with Gasteiger partial charge in [0.1, 0.15) is 10.6 Å². The van der Waals surface area contributed by atoms with Crippen molar-refractivity contribution in [3.63, 3.8) is 0 Å². The smallest absolute Gasteiger partial charge is 0.387 e. The number of halogens is 2. The highest BCUT2D eigenvalue weighted by molar-refractivity contribution is 7.89. The van der Waals surface area contributed by atoms with E-state index in [2.05, 4.69) is 15.2 Å². The Labute approximate surface area is 191 Å². The molecular weight excluding hydrogens is 460 g/mol. The van der Waals surface area contributed by atoms with Crippen LogP contribution in [0.5, 0.6) is 11.5 Å². The molecular formula is C21H27F2N3O6S. The van der Waals surface area contributed by atoms with E-state index >= 15 is 0 Å². The third-order valence-corrected chi connectivity index (χ3v) is 7.69. The van der Waals surface area contributed by atoms with Crippen molar-refractivity contribution in [3.8, 4) is 11.5 Å². The van der Waals surface area contributed by atoms with E-state index in [-0.39, 0.29) is 47.1 Å². The Morgan fingerprint density at radius 3 is 2.55 bits per heavy atom. The SMILES string of the molecule is COc1ccc(CCNC(=O)C2CCN(S(=O)(=O)c3c(C)noc3C)CC2)cc1OC(F)F. The molecule has 1 fully saturated rings. The first-order valence-electron chi connectivity index (χ1n) is 10.5. The molecule has 2 heterocycles. The molecule has 0 bridgehead atoms. The fraction of sp³-hybridized carbons (Fsp3) is 0.524. The number of nitrogens with zero attached hydrogens (tertiary/aromatic N) is 2. The van der Waals surface area contributed by atoms with Gasteiger partial charge in [-0.1, -0.05) is 11.2 Å². The van der Waals surface area contributed by atoms with Gasteiger partial charge >= 0.3 is 6.61 Å². The van der Waals surface area contributed by atoms with Crippen molar-refractivity contribution >= 4 is 15.9 Å². The summed E-state index contributed by atoms with van der Waals surface area (Å²) in [6.45, 7) is 0.903. The van der Waals surface area contributed by atoms with Crippen molar-refractivity contribution in [1.29, 1.82) is 0 Å². The average Bonchev–Trinajstić information content (AvgIpc) is 3.12. The molecule has 1 aromatic carbocycles. The van der Waals surface area contributed by atoms with Crippen LogP contribution in [0.2, 0.25) is 0 Å². The molecule has 12 heteroatoms. The molecule has 182 valence electrons. The van der Waals surface area contributed by atoms with Crippen LogP contribution in [0.15, 0.2) is 27.6 Å². The molecule has 1 aliphatic heterocycles. The molecule has 1 aliphatic rings. The van der Waals surface area contributed by atoms with Crippen LogP contribution in [0, 0.1) is 19.8 Å². The number of amides is 1. The second-order valence-electron chi connectivity index (χ2n) is 7.74. The van der Waals surface area contributed by atoms with E-state index < -0.39 is 16.6 Å². The maximum absolute atomic E-state index is 12.9. The number of alkyl halides is 2. The number of aromatic nitrogens is 1. The van der Waals surface area contributed by atoms with Crippen molar-refractivity contribution in [3.05, 3.63) is 35.2 Å². The summed E-state index contributed by atoms with van der Waals surface area (Å²) in [4.78, 5) is 12.6. The zero-order valence-corrected chi connectivity index (χ0v) is 19.5. The Kier molecular flexibility index (Phi) is 7.90. The number of benzene rings is 1. The number of hydrogen-bond acceptors (Lipinski definition) is 7. The minimum atomic E-state index is -3.73. The highest BCUT2D eigenvalue weighted by Crippen LogP contribution is 2.30. The van der Waals surface area contributed by atoms with Crippen LogP contribution in [-0.4, -0.2) is 57.1 Å². The number of methoxy groups -OCH3 is 1. The molecule has 0 atom stereocenters. The van der Waals surface area contributed by atoms with E-state index in [1.54, 1.807) is 19.9 Å². The van der Waals surface area contributed by atoms with Gasteiger partial charge in [-0.2, -0.15) is 13.1 Å². The van der Waals surface area contributed by atoms with Gasteiger partial charge < -0.3 is 19.3 Å². The lowest BCUT2D eigenvalue weighted by Gasteiger charge is -2.30. The first-order chi connectivity index (χ1) is 15.6. The number of ether oxygens (including phenoxy) is 2. The van der Waals surface area contributed by atoms with Crippen molar-refractivity contribution in [1.82, 2.24) is 14.8 Å². The molecule has 2 aromatic rings. The zero-order chi connectivity index (χ0) is 24.2. The van der Waals surface area contributed by atoms with Crippen LogP contribution < -0.4 is 14.8 Å². The minimum Gasteiger partial charge on any atom is -0.493 e. The van der Waals surface area contributed by atoms with Gasteiger partial charge in [0, 0.05) is 25.6 Å². The molecule has 1 saturated heterocycles. The summed E-state index contributed by atoms with van der Waals surface area (Å²) in [7, 11) is -2.37. The number of sulfonamides is 1. The van der Waals surface area contributed by atoms with Crippen LogP contribution in [-0.2, 0) is 21.2 Å². The summed E-state index contributed by atoms with van der Waals surface area (Å²) in [5.74, 6) is -0.103. The second kappa shape index (κ2) is 10.5. The van der Waals surface area contributed by atoms with Gasteiger partial charge in [-0.05, 0) is 50.8 Å². The number of carbonyl (C=O) groups is 1. The van der Waals surface area contributed by atoms with Crippen LogP contribution in [0.4, 0.5) is 8.78 Å². The Morgan fingerprint density at radius 1 is 1.27 bits per heavy atom. The van der Waals surface area contributed by atoms with E-state index in [1.165, 1.54) is 23.5 Å². The third kappa shape index (κ3) is 5.80. The third-order valence-electron chi connectivity index (χ3n) is 5.55. The first kappa shape index (κ1) is 24.9. The normalized spacial score (nSPS) is 15.6. The Morgan fingerprint density at radius 2 is 1.97 bits per heavy atom. The summed E-state index contributed by atoms with van der Waals surface area (Å²) in [5, 5.41) is 6.55. The number of piperidine rings is 1. The Balaban J connectivity index is 1.51. The van der Waals surface area contributed by atoms with E-state index in [9.17, 15) is 22.0 Å². The van der Waals surface area contributed by atoms with E-state index in [1.807, 2.05) is 0 Å². The van der Waals surface area contributed by atoms with Gasteiger partial charge in [-0.15, -0.1) is 0 Å². The van der Waals surface area contributed by atoms with Crippen molar-refractivity contribution in [2.24, 2.45) is 5.92 Å². The van der Waals surface area contributed by atoms with Crippen LogP contribution in [0.1, 0.15) is 29.9 Å². The lowest BCUT2D eigenvalue weighted by atomic mass is 9.97. The van der Waals surface area contributed by atoms with Crippen molar-refractivity contribution in [2.75, 3.05) is 26.7 Å². The predicted octanol–water partition coefficient (Wildman–Crippen LogP) is 2.66. The first-order valence-corrected chi connectivity index (χ1v) is 11.9. The summed E-state index contributed by atoms with van der Waals surface area (Å²) < 4.78 is 66.7. The molecule has 3 rings (SSSR count). The van der Waals surface area contributed by atoms with Crippen LogP contribution >= 0.6 is 0 Å². The predicted molar refractivity (Wildman–Crippen MR) is 114 cm³/mol. The summed E-state index contributed by atoms with van der Waals surface area (Å²) in [6.07, 6.45) is 1.20. The van der Waals surface area contributed by atoms with Gasteiger partial charge in [0.05, 0.1) is 7.11 Å². The molecule has 9 nitrogen and oxygen atoms in total. The van der Waals surface area contributed by atoms with Crippen molar-refractivity contribution in [2.45, 2.75) is 44.6 Å². The number of rotatable bonds is 9. The monoisotopic (exact) mass is 487 g/mol. The van der Waals surface area contributed by atoms with Crippen molar-refractivity contribution < 1.29 is 36.0 Å². The molecule has 1 N–H and O–H groups in total. The second-order valence-corrected chi connectivity index (χ2v) is 9.61. The zero-order valence-electron chi connectivity index (χ0n) is 18.6. The molecule has 1 aromatic heterocycles. The molecule has 0 spiro atoms. The van der Waals surface area contributed by atoms with Crippen LogP contribution in [0.25, 0.3) is 0 Å².